The molecule has 0 bridgehead atoms. The van der Waals surface area contributed by atoms with Crippen LogP contribution in [0, 0.1) is 11.8 Å². The van der Waals surface area contributed by atoms with Crippen LogP contribution in [0.5, 0.6) is 0 Å². The number of fused-ring (bicyclic) bond motifs is 1. The zero-order valence-electron chi connectivity index (χ0n) is 21.9. The molecule has 39 heavy (non-hydrogen) atoms. The summed E-state index contributed by atoms with van der Waals surface area (Å²) >= 11 is 5.97. The molecule has 5 N–H and O–H groups in total. The van der Waals surface area contributed by atoms with Gasteiger partial charge in [-0.15, -0.1) is 5.10 Å². The summed E-state index contributed by atoms with van der Waals surface area (Å²) in [5.74, 6) is 1.66. The van der Waals surface area contributed by atoms with Gasteiger partial charge >= 0.3 is 0 Å². The van der Waals surface area contributed by atoms with Crippen molar-refractivity contribution in [2.24, 2.45) is 17.6 Å². The fourth-order valence-electron chi connectivity index (χ4n) is 5.50. The predicted molar refractivity (Wildman–Crippen MR) is 151 cm³/mol. The third-order valence-corrected chi connectivity index (χ3v) is 8.23. The largest absolute Gasteiger partial charge is 0.379 e. The van der Waals surface area contributed by atoms with Gasteiger partial charge < -0.3 is 21.7 Å². The highest BCUT2D eigenvalue weighted by Crippen LogP contribution is 2.35. The maximum absolute atomic E-state index is 13.1. The smallest absolute Gasteiger partial charge is 0.276 e. The molecule has 3 saturated carbocycles. The lowest BCUT2D eigenvalue weighted by atomic mass is 9.82. The zero-order valence-corrected chi connectivity index (χ0v) is 22.7. The van der Waals surface area contributed by atoms with E-state index >= 15 is 0 Å². The average molecular weight is 551 g/mol. The summed E-state index contributed by atoms with van der Waals surface area (Å²) in [6.45, 7) is 0. The number of halogens is 1. The summed E-state index contributed by atoms with van der Waals surface area (Å²) in [5, 5.41) is 15.0. The molecule has 3 fully saturated rings. The van der Waals surface area contributed by atoms with Crippen LogP contribution >= 0.6 is 11.6 Å². The molecule has 0 saturated heterocycles. The first kappa shape index (κ1) is 26.0. The molecule has 3 aliphatic carbocycles. The minimum Gasteiger partial charge on any atom is -0.379 e. The van der Waals surface area contributed by atoms with Crippen molar-refractivity contribution >= 4 is 46.1 Å². The van der Waals surface area contributed by atoms with Crippen LogP contribution in [-0.2, 0) is 4.79 Å². The average Bonchev–Trinajstić information content (AvgIpc) is 3.83. The van der Waals surface area contributed by atoms with Gasteiger partial charge in [-0.25, -0.2) is 14.5 Å². The van der Waals surface area contributed by atoms with Crippen molar-refractivity contribution in [1.82, 2.24) is 19.6 Å². The van der Waals surface area contributed by atoms with E-state index in [0.29, 0.717) is 64.5 Å². The first-order valence-corrected chi connectivity index (χ1v) is 14.4. The number of hydrogen-bond donors (Lipinski definition) is 4. The molecule has 1 amide bonds. The van der Waals surface area contributed by atoms with Gasteiger partial charge in [0.15, 0.2) is 11.3 Å². The second kappa shape index (κ2) is 11.1. The van der Waals surface area contributed by atoms with Gasteiger partial charge in [-0.05, 0) is 75.3 Å². The van der Waals surface area contributed by atoms with Crippen LogP contribution in [0.3, 0.4) is 0 Å². The number of nitrogens with zero attached hydrogens (tertiary/aromatic N) is 4. The summed E-state index contributed by atoms with van der Waals surface area (Å²) in [5.41, 5.74) is 8.50. The minimum absolute atomic E-state index is 0.0487. The van der Waals surface area contributed by atoms with Crippen LogP contribution in [0.2, 0.25) is 5.15 Å². The second-order valence-corrected chi connectivity index (χ2v) is 11.8. The Kier molecular flexibility index (Phi) is 7.40. The summed E-state index contributed by atoms with van der Waals surface area (Å²) in [6.07, 6.45) is 12.8. The van der Waals surface area contributed by atoms with E-state index in [2.05, 4.69) is 25.9 Å². The molecule has 1 unspecified atom stereocenters. The third-order valence-electron chi connectivity index (χ3n) is 8.03. The van der Waals surface area contributed by atoms with Crippen LogP contribution in [0.25, 0.3) is 5.65 Å². The number of rotatable bonds is 11. The van der Waals surface area contributed by atoms with Gasteiger partial charge in [0.2, 0.25) is 0 Å². The Hall–Kier alpha value is -3.24. The molecular formula is C28H35ClN8O2. The highest BCUT2D eigenvalue weighted by molar-refractivity contribution is 6.29. The number of ketones is 1. The van der Waals surface area contributed by atoms with E-state index in [0.717, 1.165) is 44.2 Å². The van der Waals surface area contributed by atoms with Crippen molar-refractivity contribution in [3.8, 4) is 0 Å². The topological polar surface area (TPSA) is 139 Å². The summed E-state index contributed by atoms with van der Waals surface area (Å²) in [4.78, 5) is 34.1. The lowest BCUT2D eigenvalue weighted by molar-refractivity contribution is -0.120. The number of amides is 1. The third kappa shape index (κ3) is 6.50. The maximum Gasteiger partial charge on any atom is 0.276 e. The molecule has 0 aliphatic heterocycles. The van der Waals surface area contributed by atoms with Crippen LogP contribution in [0.1, 0.15) is 74.7 Å². The molecule has 0 aromatic carbocycles. The molecule has 6 rings (SSSR count). The highest BCUT2D eigenvalue weighted by Gasteiger charge is 2.31. The number of nitrogens with one attached hydrogen (secondary N) is 3. The molecule has 1 atom stereocenters. The Morgan fingerprint density at radius 2 is 1.77 bits per heavy atom. The number of carbonyl (C=O) groups is 2. The van der Waals surface area contributed by atoms with Gasteiger partial charge in [-0.2, -0.15) is 0 Å². The Labute approximate surface area is 232 Å². The van der Waals surface area contributed by atoms with Gasteiger partial charge in [0.1, 0.15) is 16.8 Å². The molecule has 3 aliphatic rings. The molecule has 0 spiro atoms. The van der Waals surface area contributed by atoms with E-state index in [-0.39, 0.29) is 18.0 Å². The number of anilines is 3. The van der Waals surface area contributed by atoms with Gasteiger partial charge in [0.05, 0.1) is 11.9 Å². The van der Waals surface area contributed by atoms with Crippen molar-refractivity contribution in [2.75, 3.05) is 16.0 Å². The van der Waals surface area contributed by atoms with E-state index in [1.54, 1.807) is 22.8 Å². The van der Waals surface area contributed by atoms with Gasteiger partial charge in [-0.3, -0.25) is 9.59 Å². The molecule has 206 valence electrons. The number of Topliss-reactive ketones (excluding diaryl/α,β-unsaturated/α-hetero) is 1. The van der Waals surface area contributed by atoms with E-state index < -0.39 is 0 Å². The van der Waals surface area contributed by atoms with Crippen molar-refractivity contribution in [3.63, 3.8) is 0 Å². The number of hydrogen-bond acceptors (Lipinski definition) is 8. The fraction of sp³-hybridized carbons (Fsp3) is 0.536. The standard InChI is InChI=1S/C28H35ClN8O2/c29-25-12-20(9-10-31-25)35-28(39)24-15-32-27-23(33-18-7-8-18)14-26(36-37(24)27)34-19-5-1-16(2-6-19)11-21(38)13-22(30)17-3-4-17/h9-10,12,14-19,22,33H,1-8,11,13,30H2,(H,34,36)(H,31,35,39). The van der Waals surface area contributed by atoms with Crippen LogP contribution in [0.4, 0.5) is 17.2 Å². The van der Waals surface area contributed by atoms with Crippen LogP contribution < -0.4 is 21.7 Å². The van der Waals surface area contributed by atoms with E-state index in [4.69, 9.17) is 22.4 Å². The molecular weight excluding hydrogens is 516 g/mol. The van der Waals surface area contributed by atoms with Crippen molar-refractivity contribution in [1.29, 1.82) is 0 Å². The molecule has 3 aromatic rings. The number of aromatic nitrogens is 4. The SMILES string of the molecule is NC(CC(=O)CC1CCC(Nc2cc(NC3CC3)c3ncc(C(=O)Nc4ccnc(Cl)c4)n3n2)CC1)C1CC1. The van der Waals surface area contributed by atoms with Gasteiger partial charge in [-0.1, -0.05) is 11.6 Å². The summed E-state index contributed by atoms with van der Waals surface area (Å²) in [6, 6.07) is 5.97. The molecule has 3 heterocycles. The van der Waals surface area contributed by atoms with E-state index in [1.807, 2.05) is 6.07 Å². The molecule has 3 aromatic heterocycles. The Morgan fingerprint density at radius 1 is 1.03 bits per heavy atom. The normalized spacial score (nSPS) is 21.9. The second-order valence-electron chi connectivity index (χ2n) is 11.4. The monoisotopic (exact) mass is 550 g/mol. The highest BCUT2D eigenvalue weighted by atomic mass is 35.5. The lowest BCUT2D eigenvalue weighted by Crippen LogP contribution is -2.30. The zero-order chi connectivity index (χ0) is 26.9. The maximum atomic E-state index is 13.1. The lowest BCUT2D eigenvalue weighted by Gasteiger charge is -2.29. The van der Waals surface area contributed by atoms with Gasteiger partial charge in [0, 0.05) is 48.9 Å². The molecule has 10 nitrogen and oxygen atoms in total. The number of carbonyl (C=O) groups excluding carboxylic acids is 2. The number of nitrogens with two attached hydrogens (primary N) is 1. The van der Waals surface area contributed by atoms with E-state index in [9.17, 15) is 9.59 Å². The first-order valence-electron chi connectivity index (χ1n) is 14.0. The quantitative estimate of drug-likeness (QED) is 0.253. The van der Waals surface area contributed by atoms with E-state index in [1.165, 1.54) is 19.0 Å². The number of pyridine rings is 1. The first-order chi connectivity index (χ1) is 18.9. The molecule has 0 radical (unpaired) electrons. The van der Waals surface area contributed by atoms with Crippen molar-refractivity contribution < 1.29 is 9.59 Å². The van der Waals surface area contributed by atoms with Gasteiger partial charge in [0.25, 0.3) is 5.91 Å². The Morgan fingerprint density at radius 3 is 2.49 bits per heavy atom. The van der Waals surface area contributed by atoms with Crippen molar-refractivity contribution in [2.45, 2.75) is 82.3 Å². The Bertz CT molecular complexity index is 1360. The molecule has 11 heteroatoms. The van der Waals surface area contributed by atoms with Crippen molar-refractivity contribution in [3.05, 3.63) is 41.4 Å². The minimum atomic E-state index is -0.335. The Balaban J connectivity index is 1.13. The summed E-state index contributed by atoms with van der Waals surface area (Å²) < 4.78 is 1.60. The summed E-state index contributed by atoms with van der Waals surface area (Å²) in [7, 11) is 0. The fourth-order valence-corrected chi connectivity index (χ4v) is 5.68. The number of imidazole rings is 1. The van der Waals surface area contributed by atoms with Crippen LogP contribution in [-0.4, -0.2) is 49.4 Å². The van der Waals surface area contributed by atoms with Crippen LogP contribution in [0.15, 0.2) is 30.6 Å². The predicted octanol–water partition coefficient (Wildman–Crippen LogP) is 4.66.